The highest BCUT2D eigenvalue weighted by molar-refractivity contribution is 5.91. The molecule has 2 heterocycles. The molecular formula is C22H20FN5O2. The summed E-state index contributed by atoms with van der Waals surface area (Å²) in [7, 11) is 0. The second-order valence-corrected chi connectivity index (χ2v) is 7.21. The van der Waals surface area contributed by atoms with Gasteiger partial charge in [-0.15, -0.1) is 0 Å². The number of hydrogen-bond donors (Lipinski definition) is 1. The molecule has 1 N–H and O–H groups in total. The van der Waals surface area contributed by atoms with Gasteiger partial charge in [-0.25, -0.2) is 13.8 Å². The van der Waals surface area contributed by atoms with Gasteiger partial charge in [-0.05, 0) is 56.7 Å². The predicted molar refractivity (Wildman–Crippen MR) is 112 cm³/mol. The first-order valence-electron chi connectivity index (χ1n) is 9.42. The molecule has 1 amide bonds. The molecule has 152 valence electrons. The number of hydrogen-bond acceptors (Lipinski definition) is 4. The van der Waals surface area contributed by atoms with Crippen LogP contribution in [0.3, 0.4) is 0 Å². The van der Waals surface area contributed by atoms with E-state index < -0.39 is 5.56 Å². The quantitative estimate of drug-likeness (QED) is 0.565. The van der Waals surface area contributed by atoms with Crippen molar-refractivity contribution in [2.45, 2.75) is 27.3 Å². The second kappa shape index (κ2) is 7.55. The summed E-state index contributed by atoms with van der Waals surface area (Å²) in [5.74, 6) is -0.739. The van der Waals surface area contributed by atoms with Crippen LogP contribution in [-0.4, -0.2) is 25.5 Å². The Kier molecular flexibility index (Phi) is 4.91. The Morgan fingerprint density at radius 3 is 2.53 bits per heavy atom. The van der Waals surface area contributed by atoms with Crippen LogP contribution >= 0.6 is 0 Å². The molecule has 4 rings (SSSR count). The van der Waals surface area contributed by atoms with E-state index in [9.17, 15) is 14.0 Å². The fourth-order valence-corrected chi connectivity index (χ4v) is 3.39. The number of rotatable bonds is 4. The van der Waals surface area contributed by atoms with E-state index in [1.807, 2.05) is 32.0 Å². The van der Waals surface area contributed by atoms with Gasteiger partial charge < -0.3 is 5.32 Å². The SMILES string of the molecule is Cc1ccc(NC(=O)Cn2nc(C)c3cnn(-c4ccc(F)cc4)c3c2=O)c(C)c1. The third-order valence-electron chi connectivity index (χ3n) is 4.89. The Labute approximate surface area is 171 Å². The summed E-state index contributed by atoms with van der Waals surface area (Å²) in [6.45, 7) is 5.39. The van der Waals surface area contributed by atoms with Crippen LogP contribution in [0.15, 0.2) is 53.5 Å². The highest BCUT2D eigenvalue weighted by Gasteiger charge is 2.17. The van der Waals surface area contributed by atoms with Crippen LogP contribution in [0.2, 0.25) is 0 Å². The van der Waals surface area contributed by atoms with E-state index in [0.29, 0.717) is 22.5 Å². The molecule has 0 spiro atoms. The minimum Gasteiger partial charge on any atom is -0.324 e. The first-order valence-corrected chi connectivity index (χ1v) is 9.42. The fourth-order valence-electron chi connectivity index (χ4n) is 3.39. The van der Waals surface area contributed by atoms with Crippen LogP contribution in [0, 0.1) is 26.6 Å². The van der Waals surface area contributed by atoms with Crippen LogP contribution in [0.5, 0.6) is 0 Å². The van der Waals surface area contributed by atoms with Crippen molar-refractivity contribution in [1.82, 2.24) is 19.6 Å². The maximum atomic E-state index is 13.3. The number of nitrogens with one attached hydrogen (secondary N) is 1. The first-order chi connectivity index (χ1) is 14.3. The summed E-state index contributed by atoms with van der Waals surface area (Å²) in [6.07, 6.45) is 1.54. The predicted octanol–water partition coefficient (Wildman–Crippen LogP) is 3.29. The zero-order valence-corrected chi connectivity index (χ0v) is 16.8. The normalized spacial score (nSPS) is 11.1. The molecular weight excluding hydrogens is 385 g/mol. The summed E-state index contributed by atoms with van der Waals surface area (Å²) < 4.78 is 15.8. The van der Waals surface area contributed by atoms with Gasteiger partial charge in [-0.3, -0.25) is 9.59 Å². The number of halogens is 1. The van der Waals surface area contributed by atoms with Gasteiger partial charge in [0.25, 0.3) is 5.56 Å². The zero-order valence-electron chi connectivity index (χ0n) is 16.8. The molecule has 0 aliphatic heterocycles. The molecule has 0 saturated carbocycles. The molecule has 2 aromatic heterocycles. The molecule has 2 aromatic carbocycles. The number of anilines is 1. The maximum Gasteiger partial charge on any atom is 0.293 e. The van der Waals surface area contributed by atoms with Gasteiger partial charge in [0.15, 0.2) is 0 Å². The average Bonchev–Trinajstić information content (AvgIpc) is 3.15. The fraction of sp³-hybridized carbons (Fsp3) is 0.182. The Hall–Kier alpha value is -3.81. The number of carbonyl (C=O) groups is 1. The number of carbonyl (C=O) groups excluding carboxylic acids is 1. The van der Waals surface area contributed by atoms with E-state index in [4.69, 9.17) is 0 Å². The van der Waals surface area contributed by atoms with Crippen molar-refractivity contribution in [3.63, 3.8) is 0 Å². The van der Waals surface area contributed by atoms with Crippen molar-refractivity contribution in [3.8, 4) is 5.69 Å². The van der Waals surface area contributed by atoms with Crippen molar-refractivity contribution >= 4 is 22.5 Å². The summed E-state index contributed by atoms with van der Waals surface area (Å²) in [4.78, 5) is 25.7. The lowest BCUT2D eigenvalue weighted by molar-refractivity contribution is -0.117. The molecule has 8 heteroatoms. The van der Waals surface area contributed by atoms with Gasteiger partial charge in [0.1, 0.15) is 17.9 Å². The summed E-state index contributed by atoms with van der Waals surface area (Å²) >= 11 is 0. The highest BCUT2D eigenvalue weighted by atomic mass is 19.1. The van der Waals surface area contributed by atoms with Crippen LogP contribution < -0.4 is 10.9 Å². The third kappa shape index (κ3) is 3.59. The smallest absolute Gasteiger partial charge is 0.293 e. The summed E-state index contributed by atoms with van der Waals surface area (Å²) in [5.41, 5.74) is 3.66. The zero-order chi connectivity index (χ0) is 21.4. The molecule has 0 bridgehead atoms. The van der Waals surface area contributed by atoms with E-state index in [-0.39, 0.29) is 23.8 Å². The molecule has 4 aromatic rings. The van der Waals surface area contributed by atoms with Crippen LogP contribution in [0.1, 0.15) is 16.8 Å². The molecule has 0 saturated heterocycles. The van der Waals surface area contributed by atoms with Crippen molar-refractivity contribution in [3.05, 3.63) is 81.7 Å². The average molecular weight is 405 g/mol. The minimum absolute atomic E-state index is 0.239. The van der Waals surface area contributed by atoms with E-state index in [0.717, 1.165) is 15.8 Å². The monoisotopic (exact) mass is 405 g/mol. The topological polar surface area (TPSA) is 81.8 Å². The van der Waals surface area contributed by atoms with Gasteiger partial charge in [0, 0.05) is 11.1 Å². The molecule has 0 aliphatic rings. The van der Waals surface area contributed by atoms with E-state index in [1.165, 1.54) is 28.9 Å². The van der Waals surface area contributed by atoms with Crippen LogP contribution in [0.4, 0.5) is 10.1 Å². The molecule has 0 radical (unpaired) electrons. The number of amides is 1. The summed E-state index contributed by atoms with van der Waals surface area (Å²) in [6, 6.07) is 11.4. The Balaban J connectivity index is 1.70. The third-order valence-corrected chi connectivity index (χ3v) is 4.89. The lowest BCUT2D eigenvalue weighted by Crippen LogP contribution is -2.31. The minimum atomic E-state index is -0.451. The second-order valence-electron chi connectivity index (χ2n) is 7.21. The van der Waals surface area contributed by atoms with E-state index >= 15 is 0 Å². The van der Waals surface area contributed by atoms with Crippen molar-refractivity contribution in [2.24, 2.45) is 0 Å². The molecule has 0 aliphatic carbocycles. The van der Waals surface area contributed by atoms with Gasteiger partial charge in [0.2, 0.25) is 5.91 Å². The van der Waals surface area contributed by atoms with Gasteiger partial charge in [-0.2, -0.15) is 10.2 Å². The van der Waals surface area contributed by atoms with Gasteiger partial charge in [0.05, 0.1) is 17.6 Å². The van der Waals surface area contributed by atoms with E-state index in [2.05, 4.69) is 15.5 Å². The Bertz CT molecular complexity index is 1320. The highest BCUT2D eigenvalue weighted by Crippen LogP contribution is 2.18. The molecule has 0 atom stereocenters. The van der Waals surface area contributed by atoms with E-state index in [1.54, 1.807) is 13.1 Å². The van der Waals surface area contributed by atoms with Crippen molar-refractivity contribution < 1.29 is 9.18 Å². The number of fused-ring (bicyclic) bond motifs is 1. The van der Waals surface area contributed by atoms with Crippen LogP contribution in [-0.2, 0) is 11.3 Å². The first kappa shape index (κ1) is 19.5. The standard InChI is InChI=1S/C22H20FN5O2/c1-13-4-9-19(14(2)10-13)25-20(29)12-27-22(30)21-18(15(3)26-27)11-24-28(21)17-7-5-16(23)6-8-17/h4-11H,12H2,1-3H3,(H,25,29). The maximum absolute atomic E-state index is 13.3. The number of aryl methyl sites for hydroxylation is 3. The lowest BCUT2D eigenvalue weighted by Gasteiger charge is -2.11. The Morgan fingerprint density at radius 2 is 1.83 bits per heavy atom. The summed E-state index contributed by atoms with van der Waals surface area (Å²) in [5, 5.41) is 11.9. The molecule has 7 nitrogen and oxygen atoms in total. The van der Waals surface area contributed by atoms with Gasteiger partial charge >= 0.3 is 0 Å². The number of aromatic nitrogens is 4. The number of benzene rings is 2. The molecule has 0 unspecified atom stereocenters. The van der Waals surface area contributed by atoms with Crippen molar-refractivity contribution in [2.75, 3.05) is 5.32 Å². The van der Waals surface area contributed by atoms with Crippen LogP contribution in [0.25, 0.3) is 16.6 Å². The number of nitrogens with zero attached hydrogens (tertiary/aromatic N) is 4. The van der Waals surface area contributed by atoms with Gasteiger partial charge in [-0.1, -0.05) is 17.7 Å². The van der Waals surface area contributed by atoms with Crippen molar-refractivity contribution in [1.29, 1.82) is 0 Å². The molecule has 0 fully saturated rings. The Morgan fingerprint density at radius 1 is 1.10 bits per heavy atom. The largest absolute Gasteiger partial charge is 0.324 e. The molecule has 30 heavy (non-hydrogen) atoms. The lowest BCUT2D eigenvalue weighted by atomic mass is 10.1.